The van der Waals surface area contributed by atoms with Crippen LogP contribution in [0.3, 0.4) is 0 Å². The van der Waals surface area contributed by atoms with Crippen molar-refractivity contribution in [2.45, 2.75) is 42.2 Å². The SMILES string of the molecule is Cc1cc(S(=O)(=O)c2ccc(C[C@@H](C)NC[C@H](O)c3cccc(Cl)c3)cc2)ccc1C(=O)O. The number of benzene rings is 3. The Hall–Kier alpha value is -2.71. The fraction of sp³-hybridized carbons (Fsp3) is 0.240. The number of rotatable bonds is 9. The third kappa shape index (κ3) is 6.21. The fourth-order valence-corrected chi connectivity index (χ4v) is 5.10. The Balaban J connectivity index is 1.63. The minimum Gasteiger partial charge on any atom is -0.478 e. The Morgan fingerprint density at radius 3 is 2.30 bits per heavy atom. The Kier molecular flexibility index (Phi) is 7.92. The number of carbonyl (C=O) groups is 1. The van der Waals surface area contributed by atoms with Crippen LogP contribution < -0.4 is 5.32 Å². The van der Waals surface area contributed by atoms with Gasteiger partial charge >= 0.3 is 5.97 Å². The van der Waals surface area contributed by atoms with Gasteiger partial charge in [-0.2, -0.15) is 0 Å². The average Bonchev–Trinajstić information content (AvgIpc) is 2.77. The number of carboxylic acids is 1. The van der Waals surface area contributed by atoms with Crippen molar-refractivity contribution in [1.82, 2.24) is 5.32 Å². The van der Waals surface area contributed by atoms with E-state index in [9.17, 15) is 18.3 Å². The molecule has 3 aromatic rings. The first-order valence-corrected chi connectivity index (χ1v) is 12.3. The number of nitrogens with one attached hydrogen (secondary N) is 1. The van der Waals surface area contributed by atoms with Crippen molar-refractivity contribution in [2.75, 3.05) is 6.54 Å². The highest BCUT2D eigenvalue weighted by Crippen LogP contribution is 2.24. The van der Waals surface area contributed by atoms with Crippen LogP contribution in [0.15, 0.2) is 76.5 Å². The number of aliphatic hydroxyl groups excluding tert-OH is 1. The summed E-state index contributed by atoms with van der Waals surface area (Å²) in [6.07, 6.45) is -0.0377. The lowest BCUT2D eigenvalue weighted by Crippen LogP contribution is -2.32. The maximum absolute atomic E-state index is 12.9. The van der Waals surface area contributed by atoms with Gasteiger partial charge in [0.1, 0.15) is 0 Å². The predicted molar refractivity (Wildman–Crippen MR) is 128 cm³/mol. The minimum atomic E-state index is -3.76. The molecule has 0 radical (unpaired) electrons. The van der Waals surface area contributed by atoms with Gasteiger partial charge in [-0.1, -0.05) is 35.9 Å². The summed E-state index contributed by atoms with van der Waals surface area (Å²) in [5, 5.41) is 23.3. The zero-order valence-electron chi connectivity index (χ0n) is 18.3. The van der Waals surface area contributed by atoms with Crippen molar-refractivity contribution in [1.29, 1.82) is 0 Å². The molecule has 0 saturated carbocycles. The zero-order chi connectivity index (χ0) is 24.2. The van der Waals surface area contributed by atoms with Gasteiger partial charge in [-0.15, -0.1) is 0 Å². The molecule has 3 N–H and O–H groups in total. The van der Waals surface area contributed by atoms with Gasteiger partial charge < -0.3 is 15.5 Å². The molecule has 33 heavy (non-hydrogen) atoms. The predicted octanol–water partition coefficient (Wildman–Crippen LogP) is 4.43. The molecule has 174 valence electrons. The lowest BCUT2D eigenvalue weighted by molar-refractivity contribution is 0.0696. The van der Waals surface area contributed by atoms with Crippen molar-refractivity contribution in [3.8, 4) is 0 Å². The first-order chi connectivity index (χ1) is 15.6. The average molecular weight is 488 g/mol. The maximum Gasteiger partial charge on any atom is 0.335 e. The second kappa shape index (κ2) is 10.5. The molecular formula is C25H26ClNO5S. The van der Waals surface area contributed by atoms with Crippen LogP contribution in [0, 0.1) is 6.92 Å². The van der Waals surface area contributed by atoms with Crippen LogP contribution in [0.4, 0.5) is 0 Å². The lowest BCUT2D eigenvalue weighted by Gasteiger charge is -2.18. The molecule has 0 spiro atoms. The summed E-state index contributed by atoms with van der Waals surface area (Å²) in [6.45, 7) is 3.92. The van der Waals surface area contributed by atoms with Crippen molar-refractivity contribution in [3.63, 3.8) is 0 Å². The van der Waals surface area contributed by atoms with Crippen LogP contribution in [0.2, 0.25) is 5.02 Å². The highest BCUT2D eigenvalue weighted by atomic mass is 35.5. The van der Waals surface area contributed by atoms with Crippen LogP contribution in [-0.4, -0.2) is 37.2 Å². The minimum absolute atomic E-state index is 0.0486. The van der Waals surface area contributed by atoms with Crippen LogP contribution in [0.25, 0.3) is 0 Å². The monoisotopic (exact) mass is 487 g/mol. The molecule has 0 fully saturated rings. The number of aliphatic hydroxyl groups is 1. The summed E-state index contributed by atoms with van der Waals surface area (Å²) in [5.74, 6) is -1.09. The summed E-state index contributed by atoms with van der Waals surface area (Å²) in [7, 11) is -3.76. The lowest BCUT2D eigenvalue weighted by atomic mass is 10.1. The van der Waals surface area contributed by atoms with Crippen molar-refractivity contribution < 1.29 is 23.4 Å². The number of carboxylic acid groups (broad SMARTS) is 1. The van der Waals surface area contributed by atoms with Gasteiger partial charge in [-0.05, 0) is 79.4 Å². The van der Waals surface area contributed by atoms with E-state index in [2.05, 4.69) is 5.32 Å². The molecule has 0 aliphatic carbocycles. The maximum atomic E-state index is 12.9. The molecule has 3 rings (SSSR count). The molecule has 0 amide bonds. The van der Waals surface area contributed by atoms with E-state index in [0.717, 1.165) is 11.1 Å². The zero-order valence-corrected chi connectivity index (χ0v) is 19.9. The van der Waals surface area contributed by atoms with Crippen molar-refractivity contribution >= 4 is 27.4 Å². The third-order valence-electron chi connectivity index (χ3n) is 5.41. The summed E-state index contributed by atoms with van der Waals surface area (Å²) in [6, 6.07) is 17.8. The molecule has 0 saturated heterocycles. The second-order valence-corrected chi connectivity index (χ2v) is 10.4. The third-order valence-corrected chi connectivity index (χ3v) is 7.41. The smallest absolute Gasteiger partial charge is 0.335 e. The van der Waals surface area contributed by atoms with Gasteiger partial charge in [0.2, 0.25) is 9.84 Å². The number of halogens is 1. The molecule has 0 heterocycles. The van der Waals surface area contributed by atoms with E-state index in [4.69, 9.17) is 16.7 Å². The van der Waals surface area contributed by atoms with Crippen molar-refractivity contribution in [3.05, 3.63) is 94.0 Å². The largest absolute Gasteiger partial charge is 0.478 e. The fourth-order valence-electron chi connectivity index (χ4n) is 3.55. The summed E-state index contributed by atoms with van der Waals surface area (Å²) in [4.78, 5) is 11.4. The molecular weight excluding hydrogens is 462 g/mol. The molecule has 6 nitrogen and oxygen atoms in total. The number of hydrogen-bond acceptors (Lipinski definition) is 5. The first-order valence-electron chi connectivity index (χ1n) is 10.4. The van der Waals surface area contributed by atoms with Gasteiger partial charge in [0.15, 0.2) is 0 Å². The Bertz CT molecular complexity index is 1240. The number of hydrogen-bond donors (Lipinski definition) is 3. The summed E-state index contributed by atoms with van der Waals surface area (Å²) < 4.78 is 25.9. The molecule has 0 bridgehead atoms. The molecule has 8 heteroatoms. The van der Waals surface area contributed by atoms with Gasteiger partial charge in [0.05, 0.1) is 21.5 Å². The van der Waals surface area contributed by atoms with Gasteiger partial charge in [0.25, 0.3) is 0 Å². The van der Waals surface area contributed by atoms with Crippen LogP contribution >= 0.6 is 11.6 Å². The highest BCUT2D eigenvalue weighted by molar-refractivity contribution is 7.91. The molecule has 2 atom stereocenters. The van der Waals surface area contributed by atoms with E-state index in [1.807, 2.05) is 13.0 Å². The molecule has 0 aliphatic heterocycles. The quantitative estimate of drug-likeness (QED) is 0.412. The Labute approximate surface area is 198 Å². The van der Waals surface area contributed by atoms with E-state index >= 15 is 0 Å². The summed E-state index contributed by atoms with van der Waals surface area (Å²) in [5.41, 5.74) is 2.15. The van der Waals surface area contributed by atoms with E-state index in [1.165, 1.54) is 18.2 Å². The molecule has 0 aromatic heterocycles. The Morgan fingerprint density at radius 1 is 1.03 bits per heavy atom. The number of sulfone groups is 1. The van der Waals surface area contributed by atoms with Gasteiger partial charge in [-0.3, -0.25) is 0 Å². The van der Waals surface area contributed by atoms with E-state index < -0.39 is 21.9 Å². The van der Waals surface area contributed by atoms with Gasteiger partial charge in [-0.25, -0.2) is 13.2 Å². The second-order valence-electron chi connectivity index (χ2n) is 8.01. The van der Waals surface area contributed by atoms with E-state index in [0.29, 0.717) is 23.6 Å². The van der Waals surface area contributed by atoms with E-state index in [-0.39, 0.29) is 21.4 Å². The number of aromatic carboxylic acids is 1. The molecule has 0 aliphatic rings. The first kappa shape index (κ1) is 24.9. The molecule has 3 aromatic carbocycles. The summed E-state index contributed by atoms with van der Waals surface area (Å²) >= 11 is 5.97. The standard InChI is InChI=1S/C25H26ClNO5S/c1-16-12-22(10-11-23(16)25(29)30)33(31,32)21-8-6-18(7-9-21)13-17(2)27-15-24(28)19-4-3-5-20(26)14-19/h3-12,14,17,24,27-28H,13,15H2,1-2H3,(H,29,30)/t17-,24+/m1/s1. The van der Waals surface area contributed by atoms with Gasteiger partial charge in [0, 0.05) is 17.6 Å². The van der Waals surface area contributed by atoms with E-state index in [1.54, 1.807) is 49.4 Å². The Morgan fingerprint density at radius 2 is 1.70 bits per heavy atom. The van der Waals surface area contributed by atoms with Crippen LogP contribution in [0.1, 0.15) is 40.1 Å². The normalized spacial score (nSPS) is 13.5. The van der Waals surface area contributed by atoms with Crippen molar-refractivity contribution in [2.24, 2.45) is 0 Å². The highest BCUT2D eigenvalue weighted by Gasteiger charge is 2.20. The molecule has 0 unspecified atom stereocenters. The number of aryl methyl sites for hydroxylation is 1. The van der Waals surface area contributed by atoms with Crippen LogP contribution in [-0.2, 0) is 16.3 Å². The topological polar surface area (TPSA) is 104 Å². The van der Waals surface area contributed by atoms with Crippen LogP contribution in [0.5, 0.6) is 0 Å².